The fraction of sp³-hybridized carbons (Fsp3) is 0.714. The highest BCUT2D eigenvalue weighted by molar-refractivity contribution is 5.92. The van der Waals surface area contributed by atoms with E-state index >= 15 is 0 Å². The number of hydrogen-bond acceptors (Lipinski definition) is 4. The van der Waals surface area contributed by atoms with Gasteiger partial charge in [-0.2, -0.15) is 0 Å². The normalized spacial score (nSPS) is 21.7. The fourth-order valence-corrected chi connectivity index (χ4v) is 2.98. The molecule has 0 bridgehead atoms. The molecule has 1 saturated heterocycles. The van der Waals surface area contributed by atoms with Crippen molar-refractivity contribution in [1.29, 1.82) is 0 Å². The molecule has 0 radical (unpaired) electrons. The van der Waals surface area contributed by atoms with E-state index < -0.39 is 0 Å². The van der Waals surface area contributed by atoms with E-state index in [-0.39, 0.29) is 5.91 Å². The summed E-state index contributed by atoms with van der Waals surface area (Å²) in [5, 5.41) is 6.35. The molecule has 2 heterocycles. The average molecular weight is 263 g/mol. The van der Waals surface area contributed by atoms with Crippen LogP contribution in [0.1, 0.15) is 60.8 Å². The standard InChI is InChI=1S/C14H21N3O2/c18-13(16-11-3-1-2-4-11)12-9-19-14(17-12)10-5-7-15-8-6-10/h9-11,15H,1-8H2,(H,16,18). The first-order valence-electron chi connectivity index (χ1n) is 7.30. The largest absolute Gasteiger partial charge is 0.448 e. The topological polar surface area (TPSA) is 67.2 Å². The molecule has 1 amide bonds. The number of aromatic nitrogens is 1. The van der Waals surface area contributed by atoms with E-state index in [2.05, 4.69) is 15.6 Å². The lowest BCUT2D eigenvalue weighted by Gasteiger charge is -2.19. The number of nitrogens with zero attached hydrogens (tertiary/aromatic N) is 1. The number of hydrogen-bond donors (Lipinski definition) is 2. The van der Waals surface area contributed by atoms with Gasteiger partial charge in [0.25, 0.3) is 5.91 Å². The van der Waals surface area contributed by atoms with Gasteiger partial charge in [0.05, 0.1) is 0 Å². The minimum atomic E-state index is -0.0872. The van der Waals surface area contributed by atoms with Gasteiger partial charge in [0.2, 0.25) is 0 Å². The van der Waals surface area contributed by atoms with Gasteiger partial charge in [0.15, 0.2) is 11.6 Å². The first kappa shape index (κ1) is 12.7. The maximum atomic E-state index is 12.1. The molecule has 2 N–H and O–H groups in total. The van der Waals surface area contributed by atoms with Crippen LogP contribution in [0.15, 0.2) is 10.7 Å². The third-order valence-corrected chi connectivity index (χ3v) is 4.13. The summed E-state index contributed by atoms with van der Waals surface area (Å²) < 4.78 is 5.49. The molecule has 1 aliphatic carbocycles. The van der Waals surface area contributed by atoms with E-state index in [0.29, 0.717) is 17.7 Å². The Morgan fingerprint density at radius 2 is 2.00 bits per heavy atom. The number of carbonyl (C=O) groups is 1. The Balaban J connectivity index is 1.61. The Morgan fingerprint density at radius 3 is 2.74 bits per heavy atom. The Labute approximate surface area is 113 Å². The maximum Gasteiger partial charge on any atom is 0.273 e. The number of piperidine rings is 1. The number of nitrogens with one attached hydrogen (secondary N) is 2. The van der Waals surface area contributed by atoms with Crippen LogP contribution < -0.4 is 10.6 Å². The molecule has 5 heteroatoms. The Morgan fingerprint density at radius 1 is 1.26 bits per heavy atom. The summed E-state index contributed by atoms with van der Waals surface area (Å²) in [6.45, 7) is 1.99. The third-order valence-electron chi connectivity index (χ3n) is 4.13. The smallest absolute Gasteiger partial charge is 0.273 e. The van der Waals surface area contributed by atoms with Crippen molar-refractivity contribution in [3.63, 3.8) is 0 Å². The fourth-order valence-electron chi connectivity index (χ4n) is 2.98. The van der Waals surface area contributed by atoms with Crippen LogP contribution in [-0.2, 0) is 0 Å². The van der Waals surface area contributed by atoms with E-state index in [4.69, 9.17) is 4.42 Å². The Hall–Kier alpha value is -1.36. The molecule has 1 aromatic heterocycles. The lowest BCUT2D eigenvalue weighted by atomic mass is 9.98. The quantitative estimate of drug-likeness (QED) is 0.873. The lowest BCUT2D eigenvalue weighted by Crippen LogP contribution is -2.32. The van der Waals surface area contributed by atoms with Crippen LogP contribution in [0.2, 0.25) is 0 Å². The van der Waals surface area contributed by atoms with Gasteiger partial charge in [0.1, 0.15) is 6.26 Å². The van der Waals surface area contributed by atoms with Crippen LogP contribution >= 0.6 is 0 Å². The van der Waals surface area contributed by atoms with Crippen molar-refractivity contribution in [3.8, 4) is 0 Å². The molecule has 104 valence electrons. The molecular weight excluding hydrogens is 242 g/mol. The predicted octanol–water partition coefficient (Wildman–Crippen LogP) is 1.81. The van der Waals surface area contributed by atoms with Gasteiger partial charge in [-0.25, -0.2) is 4.98 Å². The summed E-state index contributed by atoms with van der Waals surface area (Å²) >= 11 is 0. The second-order valence-corrected chi connectivity index (χ2v) is 5.55. The highest BCUT2D eigenvalue weighted by atomic mass is 16.3. The van der Waals surface area contributed by atoms with Gasteiger partial charge >= 0.3 is 0 Å². The number of amides is 1. The number of carbonyl (C=O) groups excluding carboxylic acids is 1. The van der Waals surface area contributed by atoms with E-state index in [1.54, 1.807) is 0 Å². The van der Waals surface area contributed by atoms with E-state index in [0.717, 1.165) is 44.7 Å². The van der Waals surface area contributed by atoms with Gasteiger partial charge in [-0.15, -0.1) is 0 Å². The second-order valence-electron chi connectivity index (χ2n) is 5.55. The van der Waals surface area contributed by atoms with Crippen molar-refractivity contribution in [3.05, 3.63) is 17.8 Å². The molecule has 1 aromatic rings. The number of rotatable bonds is 3. The van der Waals surface area contributed by atoms with Crippen LogP contribution in [0, 0.1) is 0 Å². The molecule has 2 fully saturated rings. The van der Waals surface area contributed by atoms with E-state index in [9.17, 15) is 4.79 Å². The zero-order valence-corrected chi connectivity index (χ0v) is 11.2. The first-order chi connectivity index (χ1) is 9.33. The molecule has 0 spiro atoms. The van der Waals surface area contributed by atoms with Crippen molar-refractivity contribution in [1.82, 2.24) is 15.6 Å². The SMILES string of the molecule is O=C(NC1CCCC1)c1coc(C2CCNCC2)n1. The Kier molecular flexibility index (Phi) is 3.82. The van der Waals surface area contributed by atoms with Gasteiger partial charge < -0.3 is 15.1 Å². The van der Waals surface area contributed by atoms with Gasteiger partial charge in [-0.3, -0.25) is 4.79 Å². The van der Waals surface area contributed by atoms with Crippen molar-refractivity contribution in [2.75, 3.05) is 13.1 Å². The number of oxazole rings is 1. The van der Waals surface area contributed by atoms with Crippen molar-refractivity contribution in [2.24, 2.45) is 0 Å². The molecule has 19 heavy (non-hydrogen) atoms. The van der Waals surface area contributed by atoms with Crippen LogP contribution in [0.3, 0.4) is 0 Å². The highest BCUT2D eigenvalue weighted by Crippen LogP contribution is 2.24. The highest BCUT2D eigenvalue weighted by Gasteiger charge is 2.23. The van der Waals surface area contributed by atoms with Crippen LogP contribution in [-0.4, -0.2) is 30.0 Å². The van der Waals surface area contributed by atoms with Gasteiger partial charge in [-0.05, 0) is 38.8 Å². The van der Waals surface area contributed by atoms with Crippen molar-refractivity contribution >= 4 is 5.91 Å². The van der Waals surface area contributed by atoms with E-state index in [1.807, 2.05) is 0 Å². The van der Waals surface area contributed by atoms with Gasteiger partial charge in [0, 0.05) is 12.0 Å². The molecule has 5 nitrogen and oxygen atoms in total. The van der Waals surface area contributed by atoms with Crippen LogP contribution in [0.4, 0.5) is 0 Å². The molecular formula is C14H21N3O2. The second kappa shape index (κ2) is 5.74. The van der Waals surface area contributed by atoms with Gasteiger partial charge in [-0.1, -0.05) is 12.8 Å². The third kappa shape index (κ3) is 2.97. The summed E-state index contributed by atoms with van der Waals surface area (Å²) in [5.41, 5.74) is 0.431. The van der Waals surface area contributed by atoms with E-state index in [1.165, 1.54) is 19.1 Å². The molecule has 0 atom stereocenters. The summed E-state index contributed by atoms with van der Waals surface area (Å²) in [7, 11) is 0. The Bertz CT molecular complexity index is 432. The lowest BCUT2D eigenvalue weighted by molar-refractivity contribution is 0.0932. The molecule has 3 rings (SSSR count). The van der Waals surface area contributed by atoms with Crippen molar-refractivity contribution < 1.29 is 9.21 Å². The summed E-state index contributed by atoms with van der Waals surface area (Å²) in [6.07, 6.45) is 8.17. The zero-order valence-electron chi connectivity index (χ0n) is 11.2. The molecule has 1 saturated carbocycles. The first-order valence-corrected chi connectivity index (χ1v) is 7.30. The van der Waals surface area contributed by atoms with Crippen LogP contribution in [0.5, 0.6) is 0 Å². The minimum Gasteiger partial charge on any atom is -0.448 e. The monoisotopic (exact) mass is 263 g/mol. The average Bonchev–Trinajstić information content (AvgIpc) is 3.10. The summed E-state index contributed by atoms with van der Waals surface area (Å²) in [5.74, 6) is 0.989. The molecule has 2 aliphatic rings. The molecule has 1 aliphatic heterocycles. The molecule has 0 aromatic carbocycles. The summed E-state index contributed by atoms with van der Waals surface area (Å²) in [4.78, 5) is 16.4. The van der Waals surface area contributed by atoms with Crippen molar-refractivity contribution in [2.45, 2.75) is 50.5 Å². The summed E-state index contributed by atoms with van der Waals surface area (Å²) in [6, 6.07) is 0.325. The molecule has 0 unspecified atom stereocenters. The minimum absolute atomic E-state index is 0.0872. The zero-order chi connectivity index (χ0) is 13.1. The predicted molar refractivity (Wildman–Crippen MR) is 71.1 cm³/mol. The van der Waals surface area contributed by atoms with Crippen LogP contribution in [0.25, 0.3) is 0 Å². The maximum absolute atomic E-state index is 12.1.